The second kappa shape index (κ2) is 8.35. The van der Waals surface area contributed by atoms with Crippen molar-refractivity contribution < 1.29 is 9.53 Å². The molecule has 2 aromatic heterocycles. The minimum Gasteiger partial charge on any atom is -0.467 e. The van der Waals surface area contributed by atoms with Crippen molar-refractivity contribution in [2.75, 3.05) is 29.9 Å². The lowest BCUT2D eigenvalue weighted by Crippen LogP contribution is -2.22. The van der Waals surface area contributed by atoms with Crippen LogP contribution in [0.5, 0.6) is 5.88 Å². The maximum Gasteiger partial charge on any atom is 0.262 e. The number of aromatic nitrogens is 2. The number of carbonyl (C=O) groups excluding carboxylic acids is 1. The Morgan fingerprint density at radius 1 is 1.15 bits per heavy atom. The van der Waals surface area contributed by atoms with Crippen molar-refractivity contribution in [3.8, 4) is 5.88 Å². The first-order chi connectivity index (χ1) is 13.0. The number of nitrogens with zero attached hydrogens (tertiary/aromatic N) is 3. The van der Waals surface area contributed by atoms with E-state index in [1.165, 1.54) is 11.2 Å². The van der Waals surface area contributed by atoms with E-state index in [9.17, 15) is 4.79 Å². The van der Waals surface area contributed by atoms with Crippen molar-refractivity contribution in [1.29, 1.82) is 0 Å². The number of nitrogens with one attached hydrogen (secondary N) is 1. The van der Waals surface area contributed by atoms with E-state index in [4.69, 9.17) is 4.74 Å². The molecule has 6 nitrogen and oxygen atoms in total. The molecule has 0 radical (unpaired) electrons. The van der Waals surface area contributed by atoms with Crippen LogP contribution in [0.4, 0.5) is 11.4 Å². The zero-order valence-corrected chi connectivity index (χ0v) is 16.9. The summed E-state index contributed by atoms with van der Waals surface area (Å²) in [4.78, 5) is 25.0. The van der Waals surface area contributed by atoms with Gasteiger partial charge < -0.3 is 15.0 Å². The summed E-state index contributed by atoms with van der Waals surface area (Å²) in [6.07, 6.45) is 1.47. The van der Waals surface area contributed by atoms with Crippen LogP contribution in [0, 0.1) is 13.8 Å². The average Bonchev–Trinajstić information content (AvgIpc) is 2.97. The Bertz CT molecular complexity index is 933. The summed E-state index contributed by atoms with van der Waals surface area (Å²) in [5.41, 5.74) is 2.98. The Morgan fingerprint density at radius 3 is 2.52 bits per heavy atom. The van der Waals surface area contributed by atoms with E-state index in [0.717, 1.165) is 40.2 Å². The molecule has 1 amide bonds. The maximum absolute atomic E-state index is 12.3. The number of ether oxygens (including phenoxy) is 1. The smallest absolute Gasteiger partial charge is 0.262 e. The van der Waals surface area contributed by atoms with Crippen molar-refractivity contribution in [3.63, 3.8) is 0 Å². The summed E-state index contributed by atoms with van der Waals surface area (Å²) in [7, 11) is 0. The van der Waals surface area contributed by atoms with Gasteiger partial charge in [-0.1, -0.05) is 0 Å². The number of fused-ring (bicyclic) bond motifs is 1. The van der Waals surface area contributed by atoms with Crippen LogP contribution in [0.3, 0.4) is 0 Å². The molecule has 0 saturated heterocycles. The van der Waals surface area contributed by atoms with Gasteiger partial charge in [-0.05, 0) is 57.5 Å². The molecule has 1 aromatic carbocycles. The molecule has 0 aliphatic carbocycles. The molecule has 1 N–H and O–H groups in total. The molecular formula is C20H24N4O2S. The number of carbonyl (C=O) groups is 1. The molecule has 3 aromatic rings. The van der Waals surface area contributed by atoms with E-state index >= 15 is 0 Å². The zero-order chi connectivity index (χ0) is 19.4. The van der Waals surface area contributed by atoms with Crippen molar-refractivity contribution in [1.82, 2.24) is 9.97 Å². The number of amides is 1. The molecule has 0 saturated carbocycles. The van der Waals surface area contributed by atoms with Gasteiger partial charge in [-0.2, -0.15) is 0 Å². The highest BCUT2D eigenvalue weighted by molar-refractivity contribution is 7.18. The van der Waals surface area contributed by atoms with E-state index < -0.39 is 0 Å². The molecule has 27 heavy (non-hydrogen) atoms. The number of aryl methyl sites for hydroxylation is 2. The van der Waals surface area contributed by atoms with Crippen molar-refractivity contribution >= 4 is 38.8 Å². The van der Waals surface area contributed by atoms with E-state index in [-0.39, 0.29) is 12.5 Å². The first kappa shape index (κ1) is 19.1. The van der Waals surface area contributed by atoms with Gasteiger partial charge in [0.05, 0.1) is 5.39 Å². The highest BCUT2D eigenvalue weighted by atomic mass is 32.1. The zero-order valence-electron chi connectivity index (χ0n) is 16.1. The normalized spacial score (nSPS) is 10.8. The largest absolute Gasteiger partial charge is 0.467 e. The maximum atomic E-state index is 12.3. The SMILES string of the molecule is CCN(CC)c1ccc(NC(=O)COc2ncnc3sc(C)c(C)c23)cc1. The number of thiophene rings is 1. The molecule has 2 heterocycles. The Kier molecular flexibility index (Phi) is 5.91. The van der Waals surface area contributed by atoms with Crippen LogP contribution in [0.25, 0.3) is 10.2 Å². The predicted molar refractivity (Wildman–Crippen MR) is 111 cm³/mol. The third-order valence-electron chi connectivity index (χ3n) is 4.55. The Balaban J connectivity index is 1.64. The average molecular weight is 385 g/mol. The number of rotatable bonds is 7. The second-order valence-corrected chi connectivity index (χ2v) is 7.40. The molecule has 142 valence electrons. The van der Waals surface area contributed by atoms with Gasteiger partial charge >= 0.3 is 0 Å². The lowest BCUT2D eigenvalue weighted by Gasteiger charge is -2.21. The summed E-state index contributed by atoms with van der Waals surface area (Å²) in [6.45, 7) is 10.1. The molecule has 7 heteroatoms. The van der Waals surface area contributed by atoms with Gasteiger partial charge in [-0.25, -0.2) is 9.97 Å². The van der Waals surface area contributed by atoms with Crippen molar-refractivity contribution in [3.05, 3.63) is 41.0 Å². The molecule has 0 unspecified atom stereocenters. The molecule has 0 aliphatic rings. The molecule has 0 fully saturated rings. The standard InChI is InChI=1S/C20H24N4O2S/c1-5-24(6-2)16-9-7-15(8-10-16)23-17(25)11-26-19-18-13(3)14(4)27-20(18)22-12-21-19/h7-10,12H,5-6,11H2,1-4H3,(H,23,25). The van der Waals surface area contributed by atoms with Crippen molar-refractivity contribution in [2.24, 2.45) is 0 Å². The molecule has 0 spiro atoms. The van der Waals surface area contributed by atoms with E-state index in [2.05, 4.69) is 34.0 Å². The van der Waals surface area contributed by atoms with Gasteiger partial charge in [0.2, 0.25) is 5.88 Å². The number of hydrogen-bond acceptors (Lipinski definition) is 6. The topological polar surface area (TPSA) is 67.4 Å². The fraction of sp³-hybridized carbons (Fsp3) is 0.350. The first-order valence-corrected chi connectivity index (χ1v) is 9.83. The summed E-state index contributed by atoms with van der Waals surface area (Å²) < 4.78 is 5.68. The minimum absolute atomic E-state index is 0.0990. The Labute approximate surface area is 163 Å². The summed E-state index contributed by atoms with van der Waals surface area (Å²) >= 11 is 1.60. The van der Waals surface area contributed by atoms with Crippen LogP contribution in [0.15, 0.2) is 30.6 Å². The van der Waals surface area contributed by atoms with Crippen molar-refractivity contribution in [2.45, 2.75) is 27.7 Å². The van der Waals surface area contributed by atoms with Crippen LogP contribution < -0.4 is 15.0 Å². The van der Waals surface area contributed by atoms with Gasteiger partial charge in [-0.3, -0.25) is 4.79 Å². The second-order valence-electron chi connectivity index (χ2n) is 6.20. The number of hydrogen-bond donors (Lipinski definition) is 1. The summed E-state index contributed by atoms with van der Waals surface area (Å²) in [5, 5.41) is 3.74. The molecule has 0 atom stereocenters. The predicted octanol–water partition coefficient (Wildman–Crippen LogP) is 4.17. The van der Waals surface area contributed by atoms with Gasteiger partial charge in [-0.15, -0.1) is 11.3 Å². The first-order valence-electron chi connectivity index (χ1n) is 9.01. The third-order valence-corrected chi connectivity index (χ3v) is 5.67. The van der Waals surface area contributed by atoms with Crippen LogP contribution in [-0.2, 0) is 4.79 Å². The molecular weight excluding hydrogens is 360 g/mol. The van der Waals surface area contributed by atoms with Gasteiger partial charge in [0, 0.05) is 29.3 Å². The van der Waals surface area contributed by atoms with Crippen LogP contribution >= 0.6 is 11.3 Å². The fourth-order valence-corrected chi connectivity index (χ4v) is 3.92. The van der Waals surface area contributed by atoms with Gasteiger partial charge in [0.15, 0.2) is 6.61 Å². The fourth-order valence-electron chi connectivity index (χ4n) is 2.93. The highest BCUT2D eigenvalue weighted by Gasteiger charge is 2.14. The monoisotopic (exact) mass is 384 g/mol. The Hall–Kier alpha value is -2.67. The molecule has 0 bridgehead atoms. The lowest BCUT2D eigenvalue weighted by molar-refractivity contribution is -0.118. The molecule has 3 rings (SSSR count). The lowest BCUT2D eigenvalue weighted by atomic mass is 10.2. The quantitative estimate of drug-likeness (QED) is 0.662. The van der Waals surface area contributed by atoms with E-state index in [0.29, 0.717) is 5.88 Å². The van der Waals surface area contributed by atoms with E-state index in [1.54, 1.807) is 11.3 Å². The number of anilines is 2. The van der Waals surface area contributed by atoms with Crippen LogP contribution in [-0.4, -0.2) is 35.6 Å². The van der Waals surface area contributed by atoms with Crippen LogP contribution in [0.2, 0.25) is 0 Å². The minimum atomic E-state index is -0.220. The highest BCUT2D eigenvalue weighted by Crippen LogP contribution is 2.33. The molecule has 0 aliphatic heterocycles. The van der Waals surface area contributed by atoms with E-state index in [1.807, 2.05) is 38.1 Å². The third kappa shape index (κ3) is 4.19. The van der Waals surface area contributed by atoms with Gasteiger partial charge in [0.25, 0.3) is 5.91 Å². The van der Waals surface area contributed by atoms with Crippen LogP contribution in [0.1, 0.15) is 24.3 Å². The number of benzene rings is 1. The Morgan fingerprint density at radius 2 is 1.85 bits per heavy atom. The summed E-state index contributed by atoms with van der Waals surface area (Å²) in [6, 6.07) is 7.82. The summed E-state index contributed by atoms with van der Waals surface area (Å²) in [5.74, 6) is 0.232. The van der Waals surface area contributed by atoms with Gasteiger partial charge in [0.1, 0.15) is 11.2 Å².